The van der Waals surface area contributed by atoms with Gasteiger partial charge >= 0.3 is 0 Å². The third kappa shape index (κ3) is 4.43. The molecular weight excluding hydrogens is 350 g/mol. The molecule has 26 heavy (non-hydrogen) atoms. The summed E-state index contributed by atoms with van der Waals surface area (Å²) < 4.78 is 5.68. The first-order valence-electron chi connectivity index (χ1n) is 7.83. The Hall–Kier alpha value is -3.24. The van der Waals surface area contributed by atoms with Crippen LogP contribution in [0.1, 0.15) is 11.1 Å². The molecule has 1 fully saturated rings. The summed E-state index contributed by atoms with van der Waals surface area (Å²) in [4.78, 5) is 15.8. The fraction of sp³-hybridized carbons (Fsp3) is 0.105. The lowest BCUT2D eigenvalue weighted by Crippen LogP contribution is -2.19. The average molecular weight is 365 g/mol. The summed E-state index contributed by atoms with van der Waals surface area (Å²) in [5.41, 5.74) is 1.85. The molecule has 2 N–H and O–H groups in total. The molecule has 2 aromatic rings. The molecular formula is C19H15N3O3S. The lowest BCUT2D eigenvalue weighted by atomic mass is 10.1. The number of hydrogen-bond donors (Lipinski definition) is 2. The van der Waals surface area contributed by atoms with Crippen LogP contribution >= 0.6 is 11.8 Å². The van der Waals surface area contributed by atoms with Gasteiger partial charge in [-0.3, -0.25) is 10.1 Å². The highest BCUT2D eigenvalue weighted by Gasteiger charge is 2.23. The first kappa shape index (κ1) is 17.6. The van der Waals surface area contributed by atoms with Gasteiger partial charge in [-0.25, -0.2) is 0 Å². The van der Waals surface area contributed by atoms with E-state index in [4.69, 9.17) is 10.00 Å². The van der Waals surface area contributed by atoms with Crippen LogP contribution in [-0.2, 0) is 11.2 Å². The summed E-state index contributed by atoms with van der Waals surface area (Å²) in [6.45, 7) is 0.422. The Morgan fingerprint density at radius 3 is 2.85 bits per heavy atom. The normalized spacial score (nSPS) is 16.5. The molecule has 130 valence electrons. The SMILES string of the molecule is N#CN=C1NC(=O)C(=Cc2ccc(O)c(OCCc3ccccc3)c2)S1. The number of aliphatic imine (C=N–C) groups is 1. The smallest absolute Gasteiger partial charge is 0.264 e. The largest absolute Gasteiger partial charge is 0.504 e. The van der Waals surface area contributed by atoms with Crippen molar-refractivity contribution < 1.29 is 14.6 Å². The Balaban J connectivity index is 1.70. The number of amides is 1. The van der Waals surface area contributed by atoms with Gasteiger partial charge in [0.05, 0.1) is 11.5 Å². The van der Waals surface area contributed by atoms with E-state index >= 15 is 0 Å². The van der Waals surface area contributed by atoms with Crippen molar-refractivity contribution in [2.45, 2.75) is 6.42 Å². The molecule has 6 nitrogen and oxygen atoms in total. The number of hydrogen-bond acceptors (Lipinski definition) is 6. The number of nitrogens with one attached hydrogen (secondary N) is 1. The Morgan fingerprint density at radius 1 is 1.27 bits per heavy atom. The number of rotatable bonds is 5. The summed E-state index contributed by atoms with van der Waals surface area (Å²) in [6, 6.07) is 14.8. The Bertz CT molecular complexity index is 917. The second-order valence-corrected chi connectivity index (χ2v) is 6.42. The predicted octanol–water partition coefficient (Wildman–Crippen LogP) is 3.05. The molecule has 3 rings (SSSR count). The van der Waals surface area contributed by atoms with Crippen molar-refractivity contribution in [3.05, 3.63) is 64.6 Å². The van der Waals surface area contributed by atoms with Crippen molar-refractivity contribution in [2.24, 2.45) is 4.99 Å². The van der Waals surface area contributed by atoms with E-state index in [1.54, 1.807) is 24.4 Å². The second kappa shape index (κ2) is 8.23. The lowest BCUT2D eigenvalue weighted by molar-refractivity contribution is -0.115. The van der Waals surface area contributed by atoms with Crippen LogP contribution in [0.4, 0.5) is 0 Å². The zero-order valence-corrected chi connectivity index (χ0v) is 14.5. The van der Waals surface area contributed by atoms with Gasteiger partial charge < -0.3 is 9.84 Å². The van der Waals surface area contributed by atoms with Crippen molar-refractivity contribution in [3.63, 3.8) is 0 Å². The van der Waals surface area contributed by atoms with E-state index in [1.165, 1.54) is 6.07 Å². The number of nitriles is 1. The number of carbonyl (C=O) groups is 1. The lowest BCUT2D eigenvalue weighted by Gasteiger charge is -2.09. The summed E-state index contributed by atoms with van der Waals surface area (Å²) in [5.74, 6) is 0.0729. The van der Waals surface area contributed by atoms with Crippen molar-refractivity contribution in [3.8, 4) is 17.7 Å². The highest BCUT2D eigenvalue weighted by Crippen LogP contribution is 2.31. The van der Waals surface area contributed by atoms with Crippen molar-refractivity contribution in [2.75, 3.05) is 6.61 Å². The fourth-order valence-electron chi connectivity index (χ4n) is 2.34. The number of amidine groups is 1. The van der Waals surface area contributed by atoms with Crippen LogP contribution in [0.5, 0.6) is 11.5 Å². The van der Waals surface area contributed by atoms with E-state index in [0.29, 0.717) is 22.8 Å². The van der Waals surface area contributed by atoms with Crippen molar-refractivity contribution in [1.29, 1.82) is 5.26 Å². The van der Waals surface area contributed by atoms with Crippen LogP contribution in [0.2, 0.25) is 0 Å². The van der Waals surface area contributed by atoms with Gasteiger partial charge in [-0.2, -0.15) is 5.26 Å². The van der Waals surface area contributed by atoms with Crippen LogP contribution in [0, 0.1) is 11.5 Å². The average Bonchev–Trinajstić information content (AvgIpc) is 2.98. The summed E-state index contributed by atoms with van der Waals surface area (Å²) >= 11 is 1.09. The molecule has 1 aliphatic rings. The first-order valence-corrected chi connectivity index (χ1v) is 8.65. The molecule has 0 radical (unpaired) electrons. The molecule has 0 aliphatic carbocycles. The molecule has 0 aromatic heterocycles. The third-order valence-corrected chi connectivity index (χ3v) is 4.49. The predicted molar refractivity (Wildman–Crippen MR) is 101 cm³/mol. The maximum atomic E-state index is 11.9. The van der Waals surface area contributed by atoms with Crippen LogP contribution in [0.25, 0.3) is 6.08 Å². The molecule has 0 saturated carbocycles. The molecule has 1 amide bonds. The summed E-state index contributed by atoms with van der Waals surface area (Å²) in [7, 11) is 0. The number of phenols is 1. The third-order valence-electron chi connectivity index (χ3n) is 3.58. The number of carbonyl (C=O) groups excluding carboxylic acids is 1. The molecule has 0 unspecified atom stereocenters. The number of ether oxygens (including phenoxy) is 1. The molecule has 0 atom stereocenters. The minimum Gasteiger partial charge on any atom is -0.504 e. The molecule has 0 bridgehead atoms. The molecule has 1 aliphatic heterocycles. The first-order chi connectivity index (χ1) is 12.7. The fourth-order valence-corrected chi connectivity index (χ4v) is 3.11. The Labute approximate surface area is 154 Å². The monoisotopic (exact) mass is 365 g/mol. The standard InChI is InChI=1S/C19H15N3O3S/c20-12-21-19-22-18(24)17(26-19)11-14-6-7-15(23)16(10-14)25-9-8-13-4-2-1-3-5-13/h1-7,10-11,23H,8-9H2,(H,21,22,24). The molecule has 1 heterocycles. The molecule has 0 spiro atoms. The van der Waals surface area contributed by atoms with Gasteiger partial charge in [0.15, 0.2) is 16.7 Å². The summed E-state index contributed by atoms with van der Waals surface area (Å²) in [6.07, 6.45) is 4.02. The van der Waals surface area contributed by atoms with E-state index in [0.717, 1.165) is 23.7 Å². The van der Waals surface area contributed by atoms with E-state index < -0.39 is 0 Å². The minimum atomic E-state index is -0.316. The quantitative estimate of drug-likeness (QED) is 0.627. The number of nitrogens with zero attached hydrogens (tertiary/aromatic N) is 2. The van der Waals surface area contributed by atoms with E-state index in [-0.39, 0.29) is 16.8 Å². The van der Waals surface area contributed by atoms with Gasteiger partial charge in [0.1, 0.15) is 0 Å². The molecule has 1 saturated heterocycles. The van der Waals surface area contributed by atoms with Gasteiger partial charge in [-0.05, 0) is 41.1 Å². The maximum absolute atomic E-state index is 11.9. The highest BCUT2D eigenvalue weighted by molar-refractivity contribution is 8.18. The second-order valence-electron chi connectivity index (χ2n) is 5.39. The van der Waals surface area contributed by atoms with E-state index in [9.17, 15) is 9.90 Å². The molecule has 7 heteroatoms. The van der Waals surface area contributed by atoms with E-state index in [2.05, 4.69) is 10.3 Å². The van der Waals surface area contributed by atoms with Crippen LogP contribution in [0.15, 0.2) is 58.4 Å². The van der Waals surface area contributed by atoms with Crippen LogP contribution < -0.4 is 10.1 Å². The van der Waals surface area contributed by atoms with Gasteiger partial charge in [0, 0.05) is 6.42 Å². The Morgan fingerprint density at radius 2 is 2.08 bits per heavy atom. The Kier molecular flexibility index (Phi) is 5.56. The zero-order chi connectivity index (χ0) is 18.4. The zero-order valence-electron chi connectivity index (χ0n) is 13.7. The van der Waals surface area contributed by atoms with Gasteiger partial charge in [0.2, 0.25) is 6.19 Å². The maximum Gasteiger partial charge on any atom is 0.264 e. The van der Waals surface area contributed by atoms with Gasteiger partial charge in [-0.15, -0.1) is 4.99 Å². The van der Waals surface area contributed by atoms with Crippen LogP contribution in [0.3, 0.4) is 0 Å². The van der Waals surface area contributed by atoms with Gasteiger partial charge in [0.25, 0.3) is 5.91 Å². The van der Waals surface area contributed by atoms with Crippen LogP contribution in [-0.4, -0.2) is 22.8 Å². The van der Waals surface area contributed by atoms with E-state index in [1.807, 2.05) is 30.3 Å². The number of phenolic OH excluding ortho intramolecular Hbond substituents is 1. The van der Waals surface area contributed by atoms with Crippen molar-refractivity contribution >= 4 is 28.9 Å². The topological polar surface area (TPSA) is 94.7 Å². The molecule has 2 aromatic carbocycles. The van der Waals surface area contributed by atoms with Gasteiger partial charge in [-0.1, -0.05) is 36.4 Å². The minimum absolute atomic E-state index is 0.0375. The summed E-state index contributed by atoms with van der Waals surface area (Å²) in [5, 5.41) is 21.3. The van der Waals surface area contributed by atoms with Crippen molar-refractivity contribution in [1.82, 2.24) is 5.32 Å². The number of benzene rings is 2. The number of aromatic hydroxyl groups is 1. The number of thioether (sulfide) groups is 1. The highest BCUT2D eigenvalue weighted by atomic mass is 32.2.